The average molecular weight is 258 g/mol. The number of aryl methyl sites for hydroxylation is 1. The minimum Gasteiger partial charge on any atom is -0.330 e. The Hall–Kier alpha value is -0.870. The van der Waals surface area contributed by atoms with Crippen molar-refractivity contribution in [1.29, 1.82) is 0 Å². The molecule has 0 aliphatic rings. The van der Waals surface area contributed by atoms with E-state index in [0.29, 0.717) is 30.2 Å². The van der Waals surface area contributed by atoms with E-state index in [1.54, 1.807) is 4.68 Å². The molecule has 1 heterocycles. The van der Waals surface area contributed by atoms with Gasteiger partial charge in [-0.25, -0.2) is 0 Å². The van der Waals surface area contributed by atoms with Crippen LogP contribution in [0.2, 0.25) is 5.02 Å². The quantitative estimate of drug-likeness (QED) is 0.764. The van der Waals surface area contributed by atoms with Crippen LogP contribution in [0.25, 0.3) is 0 Å². The van der Waals surface area contributed by atoms with Gasteiger partial charge in [0.05, 0.1) is 11.2 Å². The zero-order valence-corrected chi connectivity index (χ0v) is 11.2. The Bertz CT molecular complexity index is 372. The average Bonchev–Trinajstić information content (AvgIpc) is 2.68. The van der Waals surface area contributed by atoms with Crippen molar-refractivity contribution in [2.24, 2.45) is 11.7 Å². The monoisotopic (exact) mass is 257 g/mol. The summed E-state index contributed by atoms with van der Waals surface area (Å²) in [5.74, 6) is 0.266. The fourth-order valence-corrected chi connectivity index (χ4v) is 2.02. The molecule has 17 heavy (non-hydrogen) atoms. The highest BCUT2D eigenvalue weighted by molar-refractivity contribution is 6.33. The fourth-order valence-electron chi connectivity index (χ4n) is 1.77. The zero-order chi connectivity index (χ0) is 12.8. The maximum atomic E-state index is 12.1. The van der Waals surface area contributed by atoms with E-state index >= 15 is 0 Å². The molecule has 0 saturated carbocycles. The van der Waals surface area contributed by atoms with Crippen LogP contribution in [-0.4, -0.2) is 22.1 Å². The lowest BCUT2D eigenvalue weighted by molar-refractivity contribution is 0.0950. The minimum absolute atomic E-state index is 0.0400. The molecule has 1 rings (SSSR count). The molecule has 0 fully saturated rings. The molecule has 0 radical (unpaired) electrons. The Balaban J connectivity index is 2.83. The first-order valence-corrected chi connectivity index (χ1v) is 6.46. The van der Waals surface area contributed by atoms with Crippen LogP contribution in [0.4, 0.5) is 0 Å². The van der Waals surface area contributed by atoms with Gasteiger partial charge in [0.2, 0.25) is 0 Å². The number of ketones is 1. The molecule has 4 nitrogen and oxygen atoms in total. The number of halogens is 1. The first-order chi connectivity index (χ1) is 8.13. The van der Waals surface area contributed by atoms with Crippen LogP contribution in [-0.2, 0) is 6.54 Å². The van der Waals surface area contributed by atoms with E-state index in [2.05, 4.69) is 5.10 Å². The molecule has 0 aliphatic heterocycles. The van der Waals surface area contributed by atoms with Crippen molar-refractivity contribution < 1.29 is 4.79 Å². The number of nitrogens with zero attached hydrogens (tertiary/aromatic N) is 2. The van der Waals surface area contributed by atoms with E-state index in [1.807, 2.05) is 13.8 Å². The lowest BCUT2D eigenvalue weighted by atomic mass is 9.98. The largest absolute Gasteiger partial charge is 0.330 e. The second-order valence-electron chi connectivity index (χ2n) is 4.20. The third-order valence-corrected chi connectivity index (χ3v) is 3.16. The molecular weight excluding hydrogens is 238 g/mol. The van der Waals surface area contributed by atoms with Crippen molar-refractivity contribution in [3.63, 3.8) is 0 Å². The molecule has 96 valence electrons. The summed E-state index contributed by atoms with van der Waals surface area (Å²) in [7, 11) is 0. The van der Waals surface area contributed by atoms with Crippen molar-refractivity contribution in [3.05, 3.63) is 16.9 Å². The predicted molar refractivity (Wildman–Crippen MR) is 69.3 cm³/mol. The second-order valence-corrected chi connectivity index (χ2v) is 4.61. The van der Waals surface area contributed by atoms with E-state index < -0.39 is 0 Å². The SMILES string of the molecule is CCCn1ncc(Cl)c1C(=O)CC(CC)CN. The molecule has 0 spiro atoms. The van der Waals surface area contributed by atoms with Gasteiger partial charge in [-0.3, -0.25) is 9.48 Å². The van der Waals surface area contributed by atoms with Crippen LogP contribution in [0.3, 0.4) is 0 Å². The Kier molecular flexibility index (Phi) is 5.65. The van der Waals surface area contributed by atoms with Crippen LogP contribution in [0, 0.1) is 5.92 Å². The van der Waals surface area contributed by atoms with Gasteiger partial charge in [0.15, 0.2) is 5.78 Å². The van der Waals surface area contributed by atoms with E-state index in [4.69, 9.17) is 17.3 Å². The maximum Gasteiger partial charge on any atom is 0.182 e. The van der Waals surface area contributed by atoms with Crippen molar-refractivity contribution in [3.8, 4) is 0 Å². The zero-order valence-electron chi connectivity index (χ0n) is 10.4. The lowest BCUT2D eigenvalue weighted by Crippen LogP contribution is -2.20. The van der Waals surface area contributed by atoms with Crippen LogP contribution in [0.5, 0.6) is 0 Å². The molecule has 0 aromatic carbocycles. The Morgan fingerprint density at radius 1 is 1.59 bits per heavy atom. The van der Waals surface area contributed by atoms with Gasteiger partial charge in [0.1, 0.15) is 5.69 Å². The topological polar surface area (TPSA) is 60.9 Å². The molecule has 0 saturated heterocycles. The van der Waals surface area contributed by atoms with Gasteiger partial charge in [0, 0.05) is 13.0 Å². The summed E-state index contributed by atoms with van der Waals surface area (Å²) in [6.45, 7) is 5.32. The van der Waals surface area contributed by atoms with Crippen molar-refractivity contribution >= 4 is 17.4 Å². The first-order valence-electron chi connectivity index (χ1n) is 6.08. The molecule has 1 aromatic heterocycles. The second kappa shape index (κ2) is 6.77. The number of Topliss-reactive ketones (excluding diaryl/α,β-unsaturated/α-hetero) is 1. The standard InChI is InChI=1S/C12H20ClN3O/c1-3-5-16-12(10(13)8-15-16)11(17)6-9(4-2)7-14/h8-9H,3-7,14H2,1-2H3. The summed E-state index contributed by atoms with van der Waals surface area (Å²) in [4.78, 5) is 12.1. The summed E-state index contributed by atoms with van der Waals surface area (Å²) in [5.41, 5.74) is 6.14. The summed E-state index contributed by atoms with van der Waals surface area (Å²) < 4.78 is 1.69. The third-order valence-electron chi connectivity index (χ3n) is 2.88. The van der Waals surface area contributed by atoms with E-state index in [1.165, 1.54) is 6.20 Å². The number of aromatic nitrogens is 2. The number of nitrogens with two attached hydrogens (primary N) is 1. The summed E-state index contributed by atoms with van der Waals surface area (Å²) >= 11 is 6.01. The van der Waals surface area contributed by atoms with Crippen molar-refractivity contribution in [2.45, 2.75) is 39.7 Å². The van der Waals surface area contributed by atoms with Gasteiger partial charge in [0.25, 0.3) is 0 Å². The lowest BCUT2D eigenvalue weighted by Gasteiger charge is -2.12. The molecule has 0 bridgehead atoms. The smallest absolute Gasteiger partial charge is 0.182 e. The summed E-state index contributed by atoms with van der Waals surface area (Å²) in [6, 6.07) is 0. The summed E-state index contributed by atoms with van der Waals surface area (Å²) in [5, 5.41) is 4.56. The fraction of sp³-hybridized carbons (Fsp3) is 0.667. The van der Waals surface area contributed by atoms with Crippen LogP contribution >= 0.6 is 11.6 Å². The van der Waals surface area contributed by atoms with Crippen LogP contribution < -0.4 is 5.73 Å². The maximum absolute atomic E-state index is 12.1. The number of rotatable bonds is 7. The molecule has 1 unspecified atom stereocenters. The van der Waals surface area contributed by atoms with E-state index in [-0.39, 0.29) is 11.7 Å². The van der Waals surface area contributed by atoms with Crippen LogP contribution in [0.1, 0.15) is 43.6 Å². The van der Waals surface area contributed by atoms with Crippen molar-refractivity contribution in [1.82, 2.24) is 9.78 Å². The predicted octanol–water partition coefficient (Wildman–Crippen LogP) is 2.50. The highest BCUT2D eigenvalue weighted by atomic mass is 35.5. The normalized spacial score (nSPS) is 12.7. The molecule has 5 heteroatoms. The molecule has 1 aromatic rings. The van der Waals surface area contributed by atoms with Crippen LogP contribution in [0.15, 0.2) is 6.20 Å². The summed E-state index contributed by atoms with van der Waals surface area (Å²) in [6.07, 6.45) is 3.81. The number of hydrogen-bond donors (Lipinski definition) is 1. The van der Waals surface area contributed by atoms with Gasteiger partial charge in [-0.1, -0.05) is 31.9 Å². The minimum atomic E-state index is 0.0400. The molecular formula is C12H20ClN3O. The molecule has 1 atom stereocenters. The van der Waals surface area contributed by atoms with E-state index in [0.717, 1.165) is 12.8 Å². The van der Waals surface area contributed by atoms with Gasteiger partial charge in [-0.2, -0.15) is 5.10 Å². The molecule has 2 N–H and O–H groups in total. The Morgan fingerprint density at radius 3 is 2.82 bits per heavy atom. The highest BCUT2D eigenvalue weighted by Gasteiger charge is 2.19. The Morgan fingerprint density at radius 2 is 2.29 bits per heavy atom. The van der Waals surface area contributed by atoms with Gasteiger partial charge < -0.3 is 5.73 Å². The Labute approximate surface area is 107 Å². The number of hydrogen-bond acceptors (Lipinski definition) is 3. The first kappa shape index (κ1) is 14.2. The third kappa shape index (κ3) is 3.54. The van der Waals surface area contributed by atoms with Crippen molar-refractivity contribution in [2.75, 3.05) is 6.54 Å². The molecule has 0 amide bonds. The molecule has 0 aliphatic carbocycles. The number of carbonyl (C=O) groups excluding carboxylic acids is 1. The van der Waals surface area contributed by atoms with Gasteiger partial charge >= 0.3 is 0 Å². The van der Waals surface area contributed by atoms with Gasteiger partial charge in [-0.15, -0.1) is 0 Å². The van der Waals surface area contributed by atoms with Gasteiger partial charge in [-0.05, 0) is 18.9 Å². The highest BCUT2D eigenvalue weighted by Crippen LogP contribution is 2.20. The number of carbonyl (C=O) groups is 1. The van der Waals surface area contributed by atoms with E-state index in [9.17, 15) is 4.79 Å².